The molecule has 1 atom stereocenters. The number of halogens is 1. The Kier molecular flexibility index (Phi) is 3.87. The first-order valence-corrected chi connectivity index (χ1v) is 6.39. The van der Waals surface area contributed by atoms with Gasteiger partial charge in [0.2, 0.25) is 0 Å². The van der Waals surface area contributed by atoms with E-state index in [4.69, 9.17) is 5.11 Å². The predicted octanol–water partition coefficient (Wildman–Crippen LogP) is 2.81. The molecule has 0 saturated carbocycles. The van der Waals surface area contributed by atoms with Crippen LogP contribution in [-0.4, -0.2) is 28.6 Å². The van der Waals surface area contributed by atoms with Crippen LogP contribution in [0.5, 0.6) is 0 Å². The first-order chi connectivity index (χ1) is 9.41. The molecule has 0 aliphatic carbocycles. The van der Waals surface area contributed by atoms with Crippen LogP contribution in [0.4, 0.5) is 15.8 Å². The maximum Gasteiger partial charge on any atom is 0.338 e. The van der Waals surface area contributed by atoms with E-state index in [2.05, 4.69) is 0 Å². The summed E-state index contributed by atoms with van der Waals surface area (Å²) in [7, 11) is 0. The quantitative estimate of drug-likeness (QED) is 0.680. The fraction of sp³-hybridized carbons (Fsp3) is 0.462. The molecule has 1 aromatic carbocycles. The third-order valence-electron chi connectivity index (χ3n) is 3.60. The number of hydrogen-bond acceptors (Lipinski definition) is 4. The van der Waals surface area contributed by atoms with E-state index in [1.165, 1.54) is 0 Å². The van der Waals surface area contributed by atoms with Gasteiger partial charge in [0.25, 0.3) is 5.69 Å². The minimum atomic E-state index is -1.43. The van der Waals surface area contributed by atoms with E-state index < -0.39 is 22.3 Å². The highest BCUT2D eigenvalue weighted by atomic mass is 19.1. The van der Waals surface area contributed by atoms with Crippen LogP contribution in [0.3, 0.4) is 0 Å². The molecule has 20 heavy (non-hydrogen) atoms. The third kappa shape index (κ3) is 2.56. The predicted molar refractivity (Wildman–Crippen MR) is 70.7 cm³/mol. The van der Waals surface area contributed by atoms with Crippen molar-refractivity contribution in [2.45, 2.75) is 32.2 Å². The number of benzene rings is 1. The van der Waals surface area contributed by atoms with Crippen molar-refractivity contribution in [3.05, 3.63) is 33.6 Å². The number of aromatic carboxylic acids is 1. The van der Waals surface area contributed by atoms with Gasteiger partial charge in [0.05, 0.1) is 16.6 Å². The zero-order valence-corrected chi connectivity index (χ0v) is 11.0. The van der Waals surface area contributed by atoms with Crippen molar-refractivity contribution in [3.63, 3.8) is 0 Å². The fourth-order valence-corrected chi connectivity index (χ4v) is 2.55. The Morgan fingerprint density at radius 2 is 2.20 bits per heavy atom. The van der Waals surface area contributed by atoms with Crippen molar-refractivity contribution in [1.29, 1.82) is 0 Å². The Labute approximate surface area is 115 Å². The van der Waals surface area contributed by atoms with Crippen molar-refractivity contribution < 1.29 is 19.2 Å². The van der Waals surface area contributed by atoms with Crippen LogP contribution >= 0.6 is 0 Å². The highest BCUT2D eigenvalue weighted by Gasteiger charge is 2.28. The van der Waals surface area contributed by atoms with E-state index >= 15 is 0 Å². The molecule has 2 rings (SSSR count). The van der Waals surface area contributed by atoms with Crippen molar-refractivity contribution in [2.24, 2.45) is 0 Å². The Morgan fingerprint density at radius 1 is 1.50 bits per heavy atom. The van der Waals surface area contributed by atoms with Gasteiger partial charge < -0.3 is 10.0 Å². The molecule has 0 spiro atoms. The second-order valence-electron chi connectivity index (χ2n) is 4.92. The summed E-state index contributed by atoms with van der Waals surface area (Å²) in [5.74, 6) is -2.51. The Morgan fingerprint density at radius 3 is 2.75 bits per heavy atom. The van der Waals surface area contributed by atoms with E-state index in [1.54, 1.807) is 4.90 Å². The van der Waals surface area contributed by atoms with Gasteiger partial charge in [0, 0.05) is 12.6 Å². The van der Waals surface area contributed by atoms with E-state index in [1.807, 2.05) is 6.92 Å². The third-order valence-corrected chi connectivity index (χ3v) is 3.60. The Bertz CT molecular complexity index is 562. The summed E-state index contributed by atoms with van der Waals surface area (Å²) >= 11 is 0. The molecule has 1 saturated heterocycles. The van der Waals surface area contributed by atoms with Crippen molar-refractivity contribution in [2.75, 3.05) is 11.4 Å². The molecule has 108 valence electrons. The minimum Gasteiger partial charge on any atom is -0.478 e. The number of anilines is 1. The van der Waals surface area contributed by atoms with E-state index in [-0.39, 0.29) is 17.4 Å². The number of piperidine rings is 1. The number of carboxylic acid groups (broad SMARTS) is 1. The van der Waals surface area contributed by atoms with Crippen molar-refractivity contribution in [1.82, 2.24) is 0 Å². The van der Waals surface area contributed by atoms with Gasteiger partial charge in [-0.25, -0.2) is 9.18 Å². The molecule has 1 unspecified atom stereocenters. The lowest BCUT2D eigenvalue weighted by atomic mass is 10.0. The molecule has 1 heterocycles. The highest BCUT2D eigenvalue weighted by Crippen LogP contribution is 2.35. The summed E-state index contributed by atoms with van der Waals surface area (Å²) < 4.78 is 13.6. The molecule has 1 aromatic rings. The zero-order chi connectivity index (χ0) is 14.9. The molecular formula is C13H15FN2O4. The van der Waals surface area contributed by atoms with Crippen LogP contribution in [0.1, 0.15) is 36.5 Å². The van der Waals surface area contributed by atoms with Gasteiger partial charge in [-0.1, -0.05) is 0 Å². The maximum absolute atomic E-state index is 13.6. The monoisotopic (exact) mass is 282 g/mol. The first kappa shape index (κ1) is 14.2. The standard InChI is InChI=1S/C13H15FN2O4/c1-8-4-2-3-5-15(8)11-6-9(13(17)18)10(14)7-12(11)16(19)20/h6-8H,2-5H2,1H3,(H,17,18). The molecule has 6 nitrogen and oxygen atoms in total. The number of nitrogens with zero attached hydrogens (tertiary/aromatic N) is 2. The number of rotatable bonds is 3. The highest BCUT2D eigenvalue weighted by molar-refractivity contribution is 5.90. The molecule has 0 aromatic heterocycles. The molecule has 1 N–H and O–H groups in total. The SMILES string of the molecule is CC1CCCCN1c1cc(C(=O)O)c(F)cc1[N+](=O)[O-]. The average Bonchev–Trinajstić information content (AvgIpc) is 2.38. The lowest BCUT2D eigenvalue weighted by Gasteiger charge is -2.35. The molecule has 1 fully saturated rings. The van der Waals surface area contributed by atoms with Crippen LogP contribution < -0.4 is 4.90 Å². The van der Waals surface area contributed by atoms with Crippen LogP contribution in [0.15, 0.2) is 12.1 Å². The maximum atomic E-state index is 13.6. The van der Waals surface area contributed by atoms with E-state index in [0.717, 1.165) is 25.3 Å². The molecule has 0 amide bonds. The number of nitro groups is 1. The Hall–Kier alpha value is -2.18. The minimum absolute atomic E-state index is 0.0644. The smallest absolute Gasteiger partial charge is 0.338 e. The van der Waals surface area contributed by atoms with Gasteiger partial charge in [-0.15, -0.1) is 0 Å². The van der Waals surface area contributed by atoms with Gasteiger partial charge in [0.1, 0.15) is 11.5 Å². The van der Waals surface area contributed by atoms with E-state index in [9.17, 15) is 19.3 Å². The van der Waals surface area contributed by atoms with Gasteiger partial charge in [0.15, 0.2) is 0 Å². The summed E-state index contributed by atoms with van der Waals surface area (Å²) in [5, 5.41) is 20.0. The molecule has 0 bridgehead atoms. The number of nitro benzene ring substituents is 1. The van der Waals surface area contributed by atoms with Crippen LogP contribution in [0.2, 0.25) is 0 Å². The molecular weight excluding hydrogens is 267 g/mol. The molecule has 1 aliphatic heterocycles. The first-order valence-electron chi connectivity index (χ1n) is 6.39. The van der Waals surface area contributed by atoms with Gasteiger partial charge >= 0.3 is 5.97 Å². The number of carboxylic acids is 1. The van der Waals surface area contributed by atoms with Crippen molar-refractivity contribution >= 4 is 17.3 Å². The normalized spacial score (nSPS) is 18.9. The fourth-order valence-electron chi connectivity index (χ4n) is 2.55. The zero-order valence-electron chi connectivity index (χ0n) is 11.0. The lowest BCUT2D eigenvalue weighted by Crippen LogP contribution is -2.38. The second kappa shape index (κ2) is 5.44. The summed E-state index contributed by atoms with van der Waals surface area (Å²) in [6.07, 6.45) is 2.77. The van der Waals surface area contributed by atoms with Gasteiger partial charge in [-0.05, 0) is 32.3 Å². The summed E-state index contributed by atoms with van der Waals surface area (Å²) in [5.41, 5.74) is -0.745. The molecule has 1 aliphatic rings. The Balaban J connectivity index is 2.56. The number of hydrogen-bond donors (Lipinski definition) is 1. The number of carbonyl (C=O) groups is 1. The van der Waals surface area contributed by atoms with Crippen LogP contribution in [0.25, 0.3) is 0 Å². The largest absolute Gasteiger partial charge is 0.478 e. The molecule has 7 heteroatoms. The van der Waals surface area contributed by atoms with Crippen LogP contribution in [-0.2, 0) is 0 Å². The van der Waals surface area contributed by atoms with E-state index in [0.29, 0.717) is 12.6 Å². The second-order valence-corrected chi connectivity index (χ2v) is 4.92. The summed E-state index contributed by atoms with van der Waals surface area (Å²) in [6, 6.07) is 1.83. The van der Waals surface area contributed by atoms with Crippen LogP contribution in [0, 0.1) is 15.9 Å². The van der Waals surface area contributed by atoms with Gasteiger partial charge in [-0.2, -0.15) is 0 Å². The summed E-state index contributed by atoms with van der Waals surface area (Å²) in [4.78, 5) is 23.2. The van der Waals surface area contributed by atoms with Gasteiger partial charge in [-0.3, -0.25) is 10.1 Å². The topological polar surface area (TPSA) is 83.7 Å². The molecule has 0 radical (unpaired) electrons. The average molecular weight is 282 g/mol. The van der Waals surface area contributed by atoms with Crippen molar-refractivity contribution in [3.8, 4) is 0 Å². The lowest BCUT2D eigenvalue weighted by molar-refractivity contribution is -0.384. The summed E-state index contributed by atoms with van der Waals surface area (Å²) in [6.45, 7) is 2.53.